The molecule has 7 atom stereocenters. The number of nitrogens with two attached hydrogens (primary N) is 2. The van der Waals surface area contributed by atoms with Gasteiger partial charge in [0.05, 0.1) is 35.9 Å². The van der Waals surface area contributed by atoms with Crippen molar-refractivity contribution in [3.63, 3.8) is 0 Å². The summed E-state index contributed by atoms with van der Waals surface area (Å²) in [5.41, 5.74) is 13.7. The number of rotatable bonds is 31. The molecule has 6 aromatic carbocycles. The van der Waals surface area contributed by atoms with Gasteiger partial charge in [0.15, 0.2) is 18.4 Å². The predicted octanol–water partition coefficient (Wildman–Crippen LogP) is 10.5. The first-order valence-corrected chi connectivity index (χ1v) is 47.6. The largest absolute Gasteiger partial charge is 1.00 e. The third kappa shape index (κ3) is 77.0. The van der Waals surface area contributed by atoms with Crippen molar-refractivity contribution in [2.24, 2.45) is 11.5 Å². The first-order valence-electron chi connectivity index (χ1n) is 42.1. The van der Waals surface area contributed by atoms with Crippen LogP contribution in [0.15, 0.2) is 171 Å². The number of alkyl halides is 14. The molecule has 0 aromatic heterocycles. The van der Waals surface area contributed by atoms with Gasteiger partial charge in [-0.1, -0.05) is 228 Å². The van der Waals surface area contributed by atoms with E-state index in [2.05, 4.69) is 83.8 Å². The second-order valence-corrected chi connectivity index (χ2v) is 33.1. The van der Waals surface area contributed by atoms with Crippen molar-refractivity contribution in [1.29, 1.82) is 0 Å². The van der Waals surface area contributed by atoms with Gasteiger partial charge in [-0.2, -0.15) is 52.7 Å². The first-order chi connectivity index (χ1) is 63.4. The van der Waals surface area contributed by atoms with Crippen LogP contribution in [-0.4, -0.2) is 201 Å². The second-order valence-electron chi connectivity index (χ2n) is 28.5. The zero-order chi connectivity index (χ0) is 104. The zero-order valence-electron chi connectivity index (χ0n) is 78.5. The standard InChI is InChI=1S/C18H27NO2.2C11H11BrF3NO2.C11H9BrF3NO2.C11H12F3NO2.C9H13NO.C9H16O.2C4H8O2.C2H7P.CH2Cl2.CH2O3.2K.H/c1-3-10-18(21,11-4-2)12-8-15-6-5-7-16(14-15)17(20)9-13-19;3*12-8-3-1-2-7(6-8)9(17)4-5-16-10(18)11(13,14)15;12-11(13,14)10(17)15-7-6-9(16)8-4-2-1-3-5-8;10-7-6-9(11)8-4-2-1-3-5-8;1-4-7-9(10,6-3)8-5-2;2*5-4-2-1-3-6-4;1-3-2;2-1-3;2-1-4-3;;;/h5-7,14,17,20-21H,3-4,9-11,13,19H2,1-2H3;2*1-3,6,9,17H,4-5H2,(H,16,18);1-3,6H,4-5H2,(H,16,18);1-5,9,16H,6-7H2,(H,15,17);1-5,9,11H,6-7,10H2;3,10H,4-5,7-8H2,1-2H3;2*4-5H,1-3H2;3H,1-2H3;1H2;1,3H;;;/q;;;;;;;;;;;;2*+1;-1/p-1/t17-;9-;;;2*9-;;;;;;;;;/m11..11........./s1. The summed E-state index contributed by atoms with van der Waals surface area (Å²) in [5, 5.41) is 101. The number of hydrogen-bond donors (Lipinski definition) is 15. The number of aliphatic hydroxyl groups is 9. The molecule has 6 aromatic rings. The third-order valence-electron chi connectivity index (χ3n) is 17.1. The Bertz CT molecular complexity index is 4160. The van der Waals surface area contributed by atoms with Crippen molar-refractivity contribution in [1.82, 2.24) is 21.3 Å². The zero-order valence-corrected chi connectivity index (χ0v) is 91.0. The average molecular weight is 2270 g/mol. The van der Waals surface area contributed by atoms with Crippen LogP contribution < -0.4 is 141 Å². The molecule has 45 heteroatoms. The van der Waals surface area contributed by atoms with Crippen molar-refractivity contribution < 1.29 is 251 Å². The minimum atomic E-state index is -4.92. The molecule has 17 N–H and O–H groups in total. The van der Waals surface area contributed by atoms with Gasteiger partial charge in [0.1, 0.15) is 11.2 Å². The fraction of sp³-hybridized carbons (Fsp3) is 0.500. The number of carbonyl (C=O) groups excluding carboxylic acids is 6. The van der Waals surface area contributed by atoms with Gasteiger partial charge >= 0.3 is 151 Å². The number of Topliss-reactive ketones (excluding diaryl/α,β-unsaturated/α-hetero) is 1. The number of hydrogen-bond acceptors (Lipinski definition) is 21. The molecule has 2 heterocycles. The van der Waals surface area contributed by atoms with E-state index in [4.69, 9.17) is 70.8 Å². The Morgan fingerprint density at radius 1 is 0.504 bits per heavy atom. The molecule has 0 bridgehead atoms. The van der Waals surface area contributed by atoms with Crippen LogP contribution in [0, 0.1) is 24.2 Å². The van der Waals surface area contributed by atoms with Gasteiger partial charge in [-0.3, -0.25) is 28.8 Å². The van der Waals surface area contributed by atoms with Crippen molar-refractivity contribution in [2.45, 2.75) is 222 Å². The van der Waals surface area contributed by atoms with Gasteiger partial charge in [0, 0.05) is 83.2 Å². The van der Waals surface area contributed by atoms with Crippen molar-refractivity contribution in [3.8, 4) is 24.2 Å². The summed E-state index contributed by atoms with van der Waals surface area (Å²) in [6.45, 7) is 13.7. The van der Waals surface area contributed by atoms with Gasteiger partial charge in [-0.25, -0.2) is 0 Å². The summed E-state index contributed by atoms with van der Waals surface area (Å²) in [6.07, 6.45) is -7.77. The molecule has 4 amide bonds. The average Bonchev–Trinajstić information content (AvgIpc) is 0.884. The van der Waals surface area contributed by atoms with Gasteiger partial charge < -0.3 is 99.7 Å². The van der Waals surface area contributed by atoms with Crippen molar-refractivity contribution >= 4 is 115 Å². The maximum absolute atomic E-state index is 11.9. The Morgan fingerprint density at radius 2 is 0.788 bits per heavy atom. The number of terminal acetylenes is 1. The Balaban J connectivity index is -0.000000280. The van der Waals surface area contributed by atoms with Crippen LogP contribution in [0.25, 0.3) is 0 Å². The maximum atomic E-state index is 11.9. The van der Waals surface area contributed by atoms with Gasteiger partial charge in [-0.15, -0.1) is 38.2 Å². The number of amides is 4. The molecule has 2 saturated heterocycles. The molecule has 3 unspecified atom stereocenters. The van der Waals surface area contributed by atoms with E-state index in [-0.39, 0.29) is 174 Å². The van der Waals surface area contributed by atoms with Crippen molar-refractivity contribution in [3.05, 3.63) is 210 Å². The van der Waals surface area contributed by atoms with E-state index in [0.29, 0.717) is 65.5 Å². The molecule has 2 aliphatic rings. The molecule has 0 radical (unpaired) electrons. The summed E-state index contributed by atoms with van der Waals surface area (Å²) in [5.74, 6) is 0.145. The first kappa shape index (κ1) is 143. The molecule has 2 fully saturated rings. The molecule has 25 nitrogen and oxygen atoms in total. The van der Waals surface area contributed by atoms with E-state index in [1.54, 1.807) is 124 Å². The van der Waals surface area contributed by atoms with E-state index in [9.17, 15) is 112 Å². The third-order valence-corrected chi connectivity index (χ3v) is 18.6. The Morgan fingerprint density at radius 3 is 1.07 bits per heavy atom. The topological polar surface area (TPSA) is 435 Å². The Labute approximate surface area is 917 Å². The van der Waals surface area contributed by atoms with Gasteiger partial charge in [0.2, 0.25) is 0 Å². The smallest absolute Gasteiger partial charge is 1.00 e. The summed E-state index contributed by atoms with van der Waals surface area (Å²) >= 11 is 19.1. The van der Waals surface area contributed by atoms with Gasteiger partial charge in [-0.05, 0) is 173 Å². The minimum absolute atomic E-state index is 0. The van der Waals surface area contributed by atoms with E-state index < -0.39 is 103 Å². The Hall–Kier alpha value is -4.22. The number of carbonyl (C=O) groups is 6. The summed E-state index contributed by atoms with van der Waals surface area (Å²) in [6, 6.07) is 45.6. The fourth-order valence-corrected chi connectivity index (χ4v) is 11.9. The van der Waals surface area contributed by atoms with E-state index >= 15 is 0 Å². The quantitative estimate of drug-likeness (QED) is 0.00221. The van der Waals surface area contributed by atoms with Crippen LogP contribution in [-0.2, 0) is 38.3 Å². The van der Waals surface area contributed by atoms with Crippen LogP contribution in [0.4, 0.5) is 52.7 Å². The van der Waals surface area contributed by atoms with Crippen LogP contribution in [0.3, 0.4) is 0 Å². The van der Waals surface area contributed by atoms with Crippen LogP contribution >= 0.6 is 79.6 Å². The molecular weight excluding hydrogens is 2140 g/mol. The predicted molar refractivity (Wildman–Crippen MR) is 506 cm³/mol. The normalized spacial score (nSPS) is 13.8. The minimum Gasteiger partial charge on any atom is -1.00 e. The van der Waals surface area contributed by atoms with E-state index in [1.807, 2.05) is 82.3 Å². The number of ketones is 1. The SMILES string of the molecule is C#CC(O)(CCC)CCC.CCCC(O)(C#Cc1cccc([C@H](O)CCN)c1)CCC.CPC.ClCCl.NCC[C@@H](O)c1ccccc1.O=C(CCNC(=O)C(F)(F)F)c1cccc(Br)c1.O=C(NCCC(O)c1cccc(Br)c1)C(F)(F)F.O=C(NCC[C@@H](O)c1cccc(Br)c1)C(F)(F)F.O=C(NCC[C@@H](O)c1ccccc1)C(F)(F)F.O=CO[O-].OC1CCCO1.OC1CCCO1.[H-].[K+].[K+]. The number of benzene rings is 6. The van der Waals surface area contributed by atoms with Crippen LogP contribution in [0.5, 0.6) is 0 Å². The number of aliphatic hydroxyl groups excluding tert-OH is 7. The molecule has 137 heavy (non-hydrogen) atoms. The maximum Gasteiger partial charge on any atom is 1.00 e. The molecule has 0 aliphatic carbocycles. The molecule has 2 aliphatic heterocycles. The van der Waals surface area contributed by atoms with Crippen LogP contribution in [0.1, 0.15) is 219 Å². The number of nitrogens with one attached hydrogen (secondary N) is 4. The number of ether oxygens (including phenoxy) is 2. The van der Waals surface area contributed by atoms with E-state index in [0.717, 1.165) is 112 Å². The molecule has 8 rings (SSSR count). The monoisotopic (exact) mass is 2260 g/mol. The van der Waals surface area contributed by atoms with Crippen LogP contribution in [0.2, 0.25) is 0 Å². The molecule has 0 saturated carbocycles. The van der Waals surface area contributed by atoms with Crippen molar-refractivity contribution in [2.75, 3.05) is 71.2 Å². The van der Waals surface area contributed by atoms with E-state index in [1.165, 1.54) is 0 Å². The summed E-state index contributed by atoms with van der Waals surface area (Å²) < 4.78 is 154. The molecule has 0 spiro atoms. The van der Waals surface area contributed by atoms with Gasteiger partial charge in [0.25, 0.3) is 6.47 Å². The molecular formula is C92H126Br3Cl2F12K2N6O19P. The summed E-state index contributed by atoms with van der Waals surface area (Å²) in [4.78, 5) is 64.8. The molecule has 764 valence electrons. The second kappa shape index (κ2) is 85.1. The summed E-state index contributed by atoms with van der Waals surface area (Å²) in [7, 11) is 1.08. The Kier molecular flexibility index (Phi) is 89.1. The number of halogens is 17. The fourth-order valence-electron chi connectivity index (χ4n) is 10.7.